The predicted molar refractivity (Wildman–Crippen MR) is 70.0 cm³/mol. The van der Waals surface area contributed by atoms with E-state index < -0.39 is 0 Å². The molecule has 90 valence electrons. The molecule has 3 nitrogen and oxygen atoms in total. The van der Waals surface area contributed by atoms with Gasteiger partial charge in [-0.3, -0.25) is 4.68 Å². The van der Waals surface area contributed by atoms with Crippen LogP contribution in [0.2, 0.25) is 0 Å². The van der Waals surface area contributed by atoms with Crippen LogP contribution < -0.4 is 5.73 Å². The Kier molecular flexibility index (Phi) is 3.59. The maximum atomic E-state index is 5.72. The monoisotopic (exact) mass is 229 g/mol. The van der Waals surface area contributed by atoms with Gasteiger partial charge in [0.1, 0.15) is 0 Å². The summed E-state index contributed by atoms with van der Waals surface area (Å²) in [7, 11) is 0. The van der Waals surface area contributed by atoms with Crippen molar-refractivity contribution in [3.63, 3.8) is 0 Å². The molecular formula is C14H19N3. The molecule has 0 radical (unpaired) electrons. The van der Waals surface area contributed by atoms with E-state index in [9.17, 15) is 0 Å². The Morgan fingerprint density at radius 1 is 1.24 bits per heavy atom. The summed E-state index contributed by atoms with van der Waals surface area (Å²) in [5.41, 5.74) is 9.23. The first-order valence-corrected chi connectivity index (χ1v) is 6.00. The van der Waals surface area contributed by atoms with Gasteiger partial charge in [0.25, 0.3) is 0 Å². The van der Waals surface area contributed by atoms with Gasteiger partial charge in [0.2, 0.25) is 0 Å². The summed E-state index contributed by atoms with van der Waals surface area (Å²) in [4.78, 5) is 0. The van der Waals surface area contributed by atoms with Crippen molar-refractivity contribution in [1.29, 1.82) is 0 Å². The largest absolute Gasteiger partial charge is 0.330 e. The maximum Gasteiger partial charge on any atom is 0.0783 e. The van der Waals surface area contributed by atoms with Crippen LogP contribution in [0.25, 0.3) is 0 Å². The van der Waals surface area contributed by atoms with E-state index in [2.05, 4.69) is 47.0 Å². The molecule has 2 N–H and O–H groups in total. The highest BCUT2D eigenvalue weighted by Crippen LogP contribution is 2.22. The van der Waals surface area contributed by atoms with E-state index in [1.807, 2.05) is 13.0 Å². The fraction of sp³-hybridized carbons (Fsp3) is 0.357. The van der Waals surface area contributed by atoms with Crippen molar-refractivity contribution in [2.24, 2.45) is 5.73 Å². The molecule has 2 rings (SSSR count). The number of aromatic nitrogens is 2. The molecule has 0 bridgehead atoms. The van der Waals surface area contributed by atoms with Gasteiger partial charge in [0.15, 0.2) is 0 Å². The topological polar surface area (TPSA) is 43.8 Å². The van der Waals surface area contributed by atoms with Crippen molar-refractivity contribution in [1.82, 2.24) is 9.78 Å². The van der Waals surface area contributed by atoms with Crippen LogP contribution in [0.1, 0.15) is 29.4 Å². The molecule has 2 aromatic rings. The Morgan fingerprint density at radius 3 is 2.47 bits per heavy atom. The molecule has 1 atom stereocenters. The van der Waals surface area contributed by atoms with E-state index in [1.165, 1.54) is 11.3 Å². The van der Waals surface area contributed by atoms with Gasteiger partial charge in [0, 0.05) is 5.69 Å². The van der Waals surface area contributed by atoms with Crippen molar-refractivity contribution in [3.05, 3.63) is 53.3 Å². The van der Waals surface area contributed by atoms with Gasteiger partial charge in [-0.2, -0.15) is 5.10 Å². The highest BCUT2D eigenvalue weighted by Gasteiger charge is 2.15. The van der Waals surface area contributed by atoms with E-state index in [0.29, 0.717) is 6.54 Å². The molecule has 0 saturated heterocycles. The Balaban J connectivity index is 2.39. The Hall–Kier alpha value is -1.61. The zero-order valence-electron chi connectivity index (χ0n) is 10.4. The van der Waals surface area contributed by atoms with E-state index in [-0.39, 0.29) is 6.04 Å². The zero-order chi connectivity index (χ0) is 12.3. The molecule has 0 spiro atoms. The summed E-state index contributed by atoms with van der Waals surface area (Å²) < 4.78 is 2.08. The van der Waals surface area contributed by atoms with Crippen LogP contribution in [0.4, 0.5) is 0 Å². The molecule has 17 heavy (non-hydrogen) atoms. The van der Waals surface area contributed by atoms with Gasteiger partial charge in [-0.05, 0) is 38.4 Å². The van der Waals surface area contributed by atoms with Gasteiger partial charge in [-0.15, -0.1) is 0 Å². The summed E-state index contributed by atoms with van der Waals surface area (Å²) in [6, 6.07) is 12.8. The number of nitrogens with two attached hydrogens (primary N) is 1. The minimum Gasteiger partial charge on any atom is -0.330 e. The van der Waals surface area contributed by atoms with Crippen LogP contribution in [0.3, 0.4) is 0 Å². The molecule has 1 heterocycles. The fourth-order valence-electron chi connectivity index (χ4n) is 2.22. The smallest absolute Gasteiger partial charge is 0.0783 e. The molecule has 0 aliphatic heterocycles. The summed E-state index contributed by atoms with van der Waals surface area (Å²) in [5.74, 6) is 0. The summed E-state index contributed by atoms with van der Waals surface area (Å²) >= 11 is 0. The summed E-state index contributed by atoms with van der Waals surface area (Å²) in [5, 5.41) is 4.57. The first kappa shape index (κ1) is 11.9. The number of rotatable bonds is 4. The van der Waals surface area contributed by atoms with Crippen LogP contribution >= 0.6 is 0 Å². The minimum absolute atomic E-state index is 0.245. The summed E-state index contributed by atoms with van der Waals surface area (Å²) in [6.07, 6.45) is 0.909. The van der Waals surface area contributed by atoms with Crippen LogP contribution in [0.15, 0.2) is 36.4 Å². The van der Waals surface area contributed by atoms with Crippen LogP contribution in [-0.4, -0.2) is 16.3 Å². The lowest BCUT2D eigenvalue weighted by atomic mass is 10.0. The van der Waals surface area contributed by atoms with Crippen molar-refractivity contribution in [2.45, 2.75) is 26.3 Å². The average Bonchev–Trinajstić information content (AvgIpc) is 2.66. The molecule has 0 aliphatic rings. The van der Waals surface area contributed by atoms with E-state index in [0.717, 1.165) is 12.1 Å². The van der Waals surface area contributed by atoms with Gasteiger partial charge in [0.05, 0.1) is 11.7 Å². The van der Waals surface area contributed by atoms with Crippen molar-refractivity contribution in [2.75, 3.05) is 6.54 Å². The lowest BCUT2D eigenvalue weighted by Crippen LogP contribution is -2.17. The van der Waals surface area contributed by atoms with E-state index >= 15 is 0 Å². The molecule has 1 aromatic carbocycles. The number of benzene rings is 1. The van der Waals surface area contributed by atoms with E-state index in [4.69, 9.17) is 5.73 Å². The molecule has 0 fully saturated rings. The molecule has 1 unspecified atom stereocenters. The first-order valence-electron chi connectivity index (χ1n) is 6.00. The predicted octanol–water partition coefficient (Wildman–Crippen LogP) is 2.44. The molecule has 1 aromatic heterocycles. The Bertz CT molecular complexity index is 473. The second kappa shape index (κ2) is 5.15. The lowest BCUT2D eigenvalue weighted by molar-refractivity contribution is 0.482. The van der Waals surface area contributed by atoms with Crippen molar-refractivity contribution >= 4 is 0 Å². The van der Waals surface area contributed by atoms with Crippen LogP contribution in [0.5, 0.6) is 0 Å². The quantitative estimate of drug-likeness (QED) is 0.875. The second-order valence-corrected chi connectivity index (χ2v) is 4.38. The van der Waals surface area contributed by atoms with Gasteiger partial charge >= 0.3 is 0 Å². The molecular weight excluding hydrogens is 210 g/mol. The van der Waals surface area contributed by atoms with Gasteiger partial charge in [-0.1, -0.05) is 30.3 Å². The normalized spacial score (nSPS) is 12.6. The third-order valence-electron chi connectivity index (χ3n) is 2.96. The number of aryl methyl sites for hydroxylation is 2. The molecule has 0 saturated carbocycles. The second-order valence-electron chi connectivity index (χ2n) is 4.38. The average molecular weight is 229 g/mol. The number of hydrogen-bond acceptors (Lipinski definition) is 2. The minimum atomic E-state index is 0.245. The van der Waals surface area contributed by atoms with Crippen molar-refractivity contribution < 1.29 is 0 Å². The zero-order valence-corrected chi connectivity index (χ0v) is 10.4. The highest BCUT2D eigenvalue weighted by atomic mass is 15.3. The highest BCUT2D eigenvalue weighted by molar-refractivity contribution is 5.21. The molecule has 3 heteroatoms. The van der Waals surface area contributed by atoms with Gasteiger partial charge in [-0.25, -0.2) is 0 Å². The SMILES string of the molecule is Cc1cc(C)n(C(CCN)c2ccccc2)n1. The maximum absolute atomic E-state index is 5.72. The fourth-order valence-corrected chi connectivity index (χ4v) is 2.22. The van der Waals surface area contributed by atoms with E-state index in [1.54, 1.807) is 0 Å². The third kappa shape index (κ3) is 2.56. The van der Waals surface area contributed by atoms with Crippen LogP contribution in [0, 0.1) is 13.8 Å². The van der Waals surface area contributed by atoms with Crippen LogP contribution in [-0.2, 0) is 0 Å². The standard InChI is InChI=1S/C14H19N3/c1-11-10-12(2)17(16-11)14(8-9-15)13-6-4-3-5-7-13/h3-7,10,14H,8-9,15H2,1-2H3. The Morgan fingerprint density at radius 2 is 1.94 bits per heavy atom. The number of nitrogens with zero attached hydrogens (tertiary/aromatic N) is 2. The molecule has 0 amide bonds. The Labute approximate surface area is 102 Å². The summed E-state index contributed by atoms with van der Waals surface area (Å²) in [6.45, 7) is 4.78. The molecule has 0 aliphatic carbocycles. The van der Waals surface area contributed by atoms with Crippen molar-refractivity contribution in [3.8, 4) is 0 Å². The lowest BCUT2D eigenvalue weighted by Gasteiger charge is -2.19. The van der Waals surface area contributed by atoms with Gasteiger partial charge < -0.3 is 5.73 Å². The third-order valence-corrected chi connectivity index (χ3v) is 2.96. The number of hydrogen-bond donors (Lipinski definition) is 1. The first-order chi connectivity index (χ1) is 8.22.